The molecule has 0 amide bonds. The highest BCUT2D eigenvalue weighted by molar-refractivity contribution is 7.84. The van der Waals surface area contributed by atoms with Crippen molar-refractivity contribution < 1.29 is 4.39 Å². The summed E-state index contributed by atoms with van der Waals surface area (Å²) in [6.07, 6.45) is 7.92. The highest BCUT2D eigenvalue weighted by atomic mass is 32.1. The highest BCUT2D eigenvalue weighted by Gasteiger charge is 1.91. The second-order valence-electron chi connectivity index (χ2n) is 1.74. The molecule has 0 aliphatic rings. The minimum Gasteiger partial charge on any atom is -0.246 e. The Morgan fingerprint density at radius 3 is 2.70 bits per heavy atom. The molecule has 0 radical (unpaired) electrons. The van der Waals surface area contributed by atoms with E-state index in [1.807, 2.05) is 0 Å². The van der Waals surface area contributed by atoms with Crippen molar-refractivity contribution in [1.82, 2.24) is 0 Å². The largest absolute Gasteiger partial charge is 0.246 e. The first-order valence-electron chi connectivity index (χ1n) is 2.79. The number of allylic oxidation sites excluding steroid dienone is 4. The van der Waals surface area contributed by atoms with E-state index in [1.54, 1.807) is 13.0 Å². The Balaban J connectivity index is 4.28. The number of halogens is 1. The van der Waals surface area contributed by atoms with Crippen molar-refractivity contribution in [3.05, 3.63) is 22.6 Å². The molecule has 0 atom stereocenters. The van der Waals surface area contributed by atoms with E-state index >= 15 is 0 Å². The Bertz CT molecular complexity index is 192. The predicted molar refractivity (Wildman–Crippen MR) is 45.6 cm³/mol. The molecule has 0 bridgehead atoms. The highest BCUT2D eigenvalue weighted by Crippen LogP contribution is 2.09. The Hall–Kier alpha value is -0.680. The van der Waals surface area contributed by atoms with Crippen LogP contribution in [-0.4, -0.2) is 6.67 Å². The van der Waals surface area contributed by atoms with Gasteiger partial charge in [-0.05, 0) is 29.6 Å². The van der Waals surface area contributed by atoms with Gasteiger partial charge in [0.05, 0.1) is 0 Å². The van der Waals surface area contributed by atoms with Crippen molar-refractivity contribution in [2.45, 2.75) is 6.92 Å². The van der Waals surface area contributed by atoms with Crippen LogP contribution >= 0.6 is 12.6 Å². The Morgan fingerprint density at radius 2 is 2.40 bits per heavy atom. The van der Waals surface area contributed by atoms with Gasteiger partial charge in [-0.3, -0.25) is 0 Å². The van der Waals surface area contributed by atoms with Gasteiger partial charge >= 0.3 is 0 Å². The van der Waals surface area contributed by atoms with Gasteiger partial charge in [0, 0.05) is 0 Å². The van der Waals surface area contributed by atoms with E-state index in [2.05, 4.69) is 18.5 Å². The normalized spacial score (nSPS) is 13.0. The van der Waals surface area contributed by atoms with Crippen LogP contribution in [0.2, 0.25) is 0 Å². The standard InChI is InChI=1S/C8H9FS/c1-3-4-5-8(6-9)7(2)10/h1,4-5,10H,6H2,2H3/b5-4-,8-7-. The Labute approximate surface area is 66.2 Å². The van der Waals surface area contributed by atoms with E-state index in [9.17, 15) is 4.39 Å². The van der Waals surface area contributed by atoms with Crippen LogP contribution in [0.5, 0.6) is 0 Å². The van der Waals surface area contributed by atoms with Crippen molar-refractivity contribution in [3.63, 3.8) is 0 Å². The van der Waals surface area contributed by atoms with Gasteiger partial charge in [0.1, 0.15) is 6.67 Å². The molecule has 0 unspecified atom stereocenters. The summed E-state index contributed by atoms with van der Waals surface area (Å²) in [4.78, 5) is 0.661. The van der Waals surface area contributed by atoms with Gasteiger partial charge in [-0.25, -0.2) is 4.39 Å². The summed E-state index contributed by atoms with van der Waals surface area (Å²) in [6, 6.07) is 0. The maximum absolute atomic E-state index is 12.0. The molecule has 54 valence electrons. The Morgan fingerprint density at radius 1 is 1.80 bits per heavy atom. The molecule has 0 N–H and O–H groups in total. The predicted octanol–water partition coefficient (Wildman–Crippen LogP) is 2.35. The van der Waals surface area contributed by atoms with Gasteiger partial charge in [-0.2, -0.15) is 0 Å². The van der Waals surface area contributed by atoms with Crippen LogP contribution in [0, 0.1) is 12.3 Å². The molecule has 2 heteroatoms. The fourth-order valence-electron chi connectivity index (χ4n) is 0.411. The van der Waals surface area contributed by atoms with Crippen LogP contribution < -0.4 is 0 Å². The van der Waals surface area contributed by atoms with Crippen LogP contribution in [0.25, 0.3) is 0 Å². The molecular formula is C8H9FS. The van der Waals surface area contributed by atoms with Crippen LogP contribution in [-0.2, 0) is 0 Å². The molecule has 0 saturated heterocycles. The van der Waals surface area contributed by atoms with Crippen LogP contribution in [0.4, 0.5) is 4.39 Å². The minimum atomic E-state index is -0.520. The molecule has 0 aromatic heterocycles. The van der Waals surface area contributed by atoms with Gasteiger partial charge in [0.15, 0.2) is 0 Å². The van der Waals surface area contributed by atoms with Crippen LogP contribution in [0.1, 0.15) is 6.92 Å². The lowest BCUT2D eigenvalue weighted by Crippen LogP contribution is -1.81. The molecular weight excluding hydrogens is 147 g/mol. The zero-order valence-electron chi connectivity index (χ0n) is 5.76. The molecule has 0 aliphatic carbocycles. The summed E-state index contributed by atoms with van der Waals surface area (Å²) in [5, 5.41) is 0. The topological polar surface area (TPSA) is 0 Å². The van der Waals surface area contributed by atoms with E-state index in [-0.39, 0.29) is 0 Å². The zero-order chi connectivity index (χ0) is 7.98. The monoisotopic (exact) mass is 156 g/mol. The summed E-state index contributed by atoms with van der Waals surface area (Å²) in [5.41, 5.74) is 0.529. The SMILES string of the molecule is C#C/C=C\C(CF)=C(/C)S. The van der Waals surface area contributed by atoms with E-state index < -0.39 is 6.67 Å². The minimum absolute atomic E-state index is 0.520. The molecule has 0 aromatic carbocycles. The molecule has 0 heterocycles. The van der Waals surface area contributed by atoms with Gasteiger partial charge in [-0.1, -0.05) is 5.92 Å². The first-order valence-corrected chi connectivity index (χ1v) is 3.24. The zero-order valence-corrected chi connectivity index (χ0v) is 6.66. The second kappa shape index (κ2) is 5.13. The molecule has 0 saturated carbocycles. The number of alkyl halides is 1. The summed E-state index contributed by atoms with van der Waals surface area (Å²) >= 11 is 3.97. The van der Waals surface area contributed by atoms with Crippen molar-refractivity contribution in [2.75, 3.05) is 6.67 Å². The van der Waals surface area contributed by atoms with Gasteiger partial charge in [-0.15, -0.1) is 19.1 Å². The second-order valence-corrected chi connectivity index (χ2v) is 2.42. The molecule has 0 aliphatic heterocycles. The smallest absolute Gasteiger partial charge is 0.115 e. The number of thiol groups is 1. The van der Waals surface area contributed by atoms with E-state index in [0.29, 0.717) is 10.5 Å². The lowest BCUT2D eigenvalue weighted by molar-refractivity contribution is 0.548. The van der Waals surface area contributed by atoms with Crippen LogP contribution in [0.15, 0.2) is 22.6 Å². The summed E-state index contributed by atoms with van der Waals surface area (Å²) < 4.78 is 12.0. The molecule has 0 nitrogen and oxygen atoms in total. The maximum Gasteiger partial charge on any atom is 0.115 e. The van der Waals surface area contributed by atoms with E-state index in [0.717, 1.165) is 0 Å². The lowest BCUT2D eigenvalue weighted by Gasteiger charge is -1.94. The summed E-state index contributed by atoms with van der Waals surface area (Å²) in [6.45, 7) is 1.20. The third-order valence-corrected chi connectivity index (χ3v) is 1.28. The summed E-state index contributed by atoms with van der Waals surface area (Å²) in [5.74, 6) is 2.27. The van der Waals surface area contributed by atoms with Crippen LogP contribution in [0.3, 0.4) is 0 Å². The fourth-order valence-corrected chi connectivity index (χ4v) is 0.545. The third-order valence-electron chi connectivity index (χ3n) is 0.989. The molecule has 0 aromatic rings. The average molecular weight is 156 g/mol. The molecule has 0 rings (SSSR count). The van der Waals surface area contributed by atoms with Gasteiger partial charge in [0.2, 0.25) is 0 Å². The lowest BCUT2D eigenvalue weighted by atomic mass is 10.2. The Kier molecular flexibility index (Phi) is 4.78. The molecule has 0 spiro atoms. The number of hydrogen-bond acceptors (Lipinski definition) is 1. The van der Waals surface area contributed by atoms with Gasteiger partial charge < -0.3 is 0 Å². The fraction of sp³-hybridized carbons (Fsp3) is 0.250. The number of rotatable bonds is 2. The van der Waals surface area contributed by atoms with Crippen molar-refractivity contribution in [3.8, 4) is 12.3 Å². The van der Waals surface area contributed by atoms with E-state index in [1.165, 1.54) is 6.08 Å². The van der Waals surface area contributed by atoms with Gasteiger partial charge in [0.25, 0.3) is 0 Å². The van der Waals surface area contributed by atoms with Crippen molar-refractivity contribution >= 4 is 12.6 Å². The number of hydrogen-bond donors (Lipinski definition) is 1. The van der Waals surface area contributed by atoms with E-state index in [4.69, 9.17) is 6.42 Å². The van der Waals surface area contributed by atoms with Crippen molar-refractivity contribution in [1.29, 1.82) is 0 Å². The third kappa shape index (κ3) is 3.37. The number of terminal acetylenes is 1. The average Bonchev–Trinajstić information content (AvgIpc) is 1.89. The first-order chi connectivity index (χ1) is 4.72. The molecule has 0 fully saturated rings. The summed E-state index contributed by atoms with van der Waals surface area (Å²) in [7, 11) is 0. The van der Waals surface area contributed by atoms with Crippen molar-refractivity contribution in [2.24, 2.45) is 0 Å². The molecule has 10 heavy (non-hydrogen) atoms. The first kappa shape index (κ1) is 9.32. The quantitative estimate of drug-likeness (QED) is 0.354. The maximum atomic E-state index is 12.0.